The summed E-state index contributed by atoms with van der Waals surface area (Å²) >= 11 is 9.80. The van der Waals surface area contributed by atoms with E-state index in [0.29, 0.717) is 10.8 Å². The minimum atomic E-state index is 0.259. The van der Waals surface area contributed by atoms with Crippen molar-refractivity contribution < 1.29 is 9.47 Å². The van der Waals surface area contributed by atoms with Gasteiger partial charge in [-0.3, -0.25) is 0 Å². The van der Waals surface area contributed by atoms with Crippen LogP contribution in [0.1, 0.15) is 44.6 Å². The van der Waals surface area contributed by atoms with E-state index in [9.17, 15) is 0 Å². The second-order valence-corrected chi connectivity index (χ2v) is 6.39. The van der Waals surface area contributed by atoms with E-state index in [4.69, 9.17) is 21.1 Å². The maximum atomic E-state index is 6.36. The van der Waals surface area contributed by atoms with E-state index in [1.165, 1.54) is 19.3 Å². The van der Waals surface area contributed by atoms with E-state index in [0.717, 1.165) is 35.4 Å². The van der Waals surface area contributed by atoms with Crippen LogP contribution in [0.2, 0.25) is 5.02 Å². The maximum Gasteiger partial charge on any atom is 0.180 e. The third-order valence-electron chi connectivity index (χ3n) is 4.04. The molecular weight excluding hydrogens is 340 g/mol. The first kappa shape index (κ1) is 16.0. The zero-order valence-corrected chi connectivity index (χ0v) is 14.5. The topological polar surface area (TPSA) is 18.5 Å². The number of methoxy groups -OCH3 is 1. The Morgan fingerprint density at radius 2 is 2.15 bits per heavy atom. The van der Waals surface area contributed by atoms with E-state index >= 15 is 0 Å². The molecule has 2 atom stereocenters. The van der Waals surface area contributed by atoms with Gasteiger partial charge >= 0.3 is 0 Å². The van der Waals surface area contributed by atoms with E-state index in [1.54, 1.807) is 7.11 Å². The van der Waals surface area contributed by atoms with Crippen LogP contribution in [0.15, 0.2) is 12.1 Å². The summed E-state index contributed by atoms with van der Waals surface area (Å²) in [7, 11) is 1.66. The van der Waals surface area contributed by atoms with Gasteiger partial charge in [0.25, 0.3) is 0 Å². The number of ether oxygens (including phenoxy) is 2. The highest BCUT2D eigenvalue weighted by molar-refractivity contribution is 9.08. The third kappa shape index (κ3) is 3.82. The van der Waals surface area contributed by atoms with Crippen molar-refractivity contribution in [3.05, 3.63) is 22.7 Å². The lowest BCUT2D eigenvalue weighted by molar-refractivity contribution is 0.118. The normalized spacial score (nSPS) is 22.6. The Bertz CT molecular complexity index is 450. The van der Waals surface area contributed by atoms with Gasteiger partial charge in [-0.15, -0.1) is 0 Å². The van der Waals surface area contributed by atoms with Crippen molar-refractivity contribution in [1.29, 1.82) is 0 Å². The van der Waals surface area contributed by atoms with Gasteiger partial charge in [-0.05, 0) is 42.9 Å². The van der Waals surface area contributed by atoms with Crippen molar-refractivity contribution in [2.24, 2.45) is 5.92 Å². The van der Waals surface area contributed by atoms with Gasteiger partial charge in [0.2, 0.25) is 0 Å². The average Bonchev–Trinajstić information content (AvgIpc) is 2.49. The molecule has 0 bridgehead atoms. The van der Waals surface area contributed by atoms with E-state index in [-0.39, 0.29) is 6.10 Å². The van der Waals surface area contributed by atoms with E-state index < -0.39 is 0 Å². The first-order valence-corrected chi connectivity index (χ1v) is 8.76. The van der Waals surface area contributed by atoms with Gasteiger partial charge in [0.15, 0.2) is 11.5 Å². The minimum Gasteiger partial charge on any atom is -0.493 e. The largest absolute Gasteiger partial charge is 0.493 e. The lowest BCUT2D eigenvalue weighted by Crippen LogP contribution is -2.25. The highest BCUT2D eigenvalue weighted by atomic mass is 79.9. The average molecular weight is 362 g/mol. The fourth-order valence-electron chi connectivity index (χ4n) is 2.85. The van der Waals surface area contributed by atoms with Gasteiger partial charge in [-0.1, -0.05) is 47.3 Å². The molecule has 2 rings (SSSR count). The second kappa shape index (κ2) is 7.56. The summed E-state index contributed by atoms with van der Waals surface area (Å²) in [4.78, 5) is 0. The van der Waals surface area contributed by atoms with Crippen LogP contribution in [0.5, 0.6) is 11.5 Å². The molecule has 0 heterocycles. The molecule has 1 aromatic carbocycles. The lowest BCUT2D eigenvalue weighted by atomic mass is 9.85. The number of halogens is 2. The van der Waals surface area contributed by atoms with Crippen molar-refractivity contribution in [1.82, 2.24) is 0 Å². The van der Waals surface area contributed by atoms with E-state index in [1.807, 2.05) is 12.1 Å². The number of rotatable bonds is 5. The van der Waals surface area contributed by atoms with Crippen molar-refractivity contribution in [2.45, 2.75) is 50.5 Å². The van der Waals surface area contributed by atoms with Gasteiger partial charge in [-0.2, -0.15) is 0 Å². The summed E-state index contributed by atoms with van der Waals surface area (Å²) < 4.78 is 11.6. The predicted octanol–water partition coefficient (Wildman–Crippen LogP) is 5.59. The molecule has 1 aliphatic rings. The van der Waals surface area contributed by atoms with Crippen molar-refractivity contribution in [3.63, 3.8) is 0 Å². The maximum absolute atomic E-state index is 6.36. The zero-order valence-electron chi connectivity index (χ0n) is 12.1. The molecule has 1 saturated carbocycles. The molecule has 1 fully saturated rings. The minimum absolute atomic E-state index is 0.259. The van der Waals surface area contributed by atoms with Crippen LogP contribution in [0.25, 0.3) is 0 Å². The molecule has 0 radical (unpaired) electrons. The van der Waals surface area contributed by atoms with Crippen molar-refractivity contribution >= 4 is 27.5 Å². The van der Waals surface area contributed by atoms with Crippen LogP contribution in [0.3, 0.4) is 0 Å². The SMILES string of the molecule is CCC1CCCC(Oc2c(Cl)cc(CBr)cc2OC)C1. The molecule has 2 nitrogen and oxygen atoms in total. The van der Waals surface area contributed by atoms with Gasteiger partial charge in [-0.25, -0.2) is 0 Å². The van der Waals surface area contributed by atoms with Crippen molar-refractivity contribution in [2.75, 3.05) is 7.11 Å². The Balaban J connectivity index is 2.15. The molecule has 20 heavy (non-hydrogen) atoms. The molecule has 0 aliphatic heterocycles. The smallest absolute Gasteiger partial charge is 0.180 e. The first-order valence-electron chi connectivity index (χ1n) is 7.27. The Morgan fingerprint density at radius 1 is 1.35 bits per heavy atom. The molecule has 0 spiro atoms. The van der Waals surface area contributed by atoms with Crippen LogP contribution < -0.4 is 9.47 Å². The molecule has 1 aromatic rings. The van der Waals surface area contributed by atoms with Crippen LogP contribution >= 0.6 is 27.5 Å². The standard InChI is InChI=1S/C16H22BrClO2/c1-3-11-5-4-6-13(7-11)20-16-14(18)8-12(10-17)9-15(16)19-2/h8-9,11,13H,3-7,10H2,1-2H3. The monoisotopic (exact) mass is 360 g/mol. The quantitative estimate of drug-likeness (QED) is 0.636. The molecule has 0 aromatic heterocycles. The summed E-state index contributed by atoms with van der Waals surface area (Å²) in [6, 6.07) is 3.92. The third-order valence-corrected chi connectivity index (χ3v) is 4.97. The molecule has 112 valence electrons. The summed E-state index contributed by atoms with van der Waals surface area (Å²) in [6.45, 7) is 2.26. The molecule has 1 aliphatic carbocycles. The Labute approximate surface area is 134 Å². The Morgan fingerprint density at radius 3 is 2.80 bits per heavy atom. The fraction of sp³-hybridized carbons (Fsp3) is 0.625. The molecule has 0 amide bonds. The number of hydrogen-bond acceptors (Lipinski definition) is 2. The summed E-state index contributed by atoms with van der Waals surface area (Å²) in [5, 5.41) is 1.39. The first-order chi connectivity index (χ1) is 9.67. The fourth-order valence-corrected chi connectivity index (χ4v) is 3.45. The summed E-state index contributed by atoms with van der Waals surface area (Å²) in [5.74, 6) is 2.20. The highest BCUT2D eigenvalue weighted by Gasteiger charge is 2.24. The number of alkyl halides is 1. The summed E-state index contributed by atoms with van der Waals surface area (Å²) in [6.07, 6.45) is 6.28. The van der Waals surface area contributed by atoms with Crippen LogP contribution in [-0.2, 0) is 5.33 Å². The number of benzene rings is 1. The highest BCUT2D eigenvalue weighted by Crippen LogP contribution is 2.39. The molecule has 2 unspecified atom stereocenters. The molecule has 4 heteroatoms. The summed E-state index contributed by atoms with van der Waals surface area (Å²) in [5.41, 5.74) is 1.09. The predicted molar refractivity (Wildman–Crippen MR) is 87.3 cm³/mol. The lowest BCUT2D eigenvalue weighted by Gasteiger charge is -2.29. The van der Waals surface area contributed by atoms with Crippen LogP contribution in [-0.4, -0.2) is 13.2 Å². The second-order valence-electron chi connectivity index (χ2n) is 5.42. The van der Waals surface area contributed by atoms with Gasteiger partial charge in [0.1, 0.15) is 0 Å². The zero-order chi connectivity index (χ0) is 14.5. The van der Waals surface area contributed by atoms with E-state index in [2.05, 4.69) is 22.9 Å². The van der Waals surface area contributed by atoms with Crippen LogP contribution in [0.4, 0.5) is 0 Å². The molecule has 0 N–H and O–H groups in total. The van der Waals surface area contributed by atoms with Crippen molar-refractivity contribution in [3.8, 4) is 11.5 Å². The molecule has 0 saturated heterocycles. The van der Waals surface area contributed by atoms with Gasteiger partial charge < -0.3 is 9.47 Å². The van der Waals surface area contributed by atoms with Crippen LogP contribution in [0, 0.1) is 5.92 Å². The van der Waals surface area contributed by atoms with Gasteiger partial charge in [0, 0.05) is 5.33 Å². The Hall–Kier alpha value is -0.410. The molecular formula is C16H22BrClO2. The van der Waals surface area contributed by atoms with Gasteiger partial charge in [0.05, 0.1) is 18.2 Å². The Kier molecular flexibility index (Phi) is 6.03. The number of hydrogen-bond donors (Lipinski definition) is 0.